The highest BCUT2D eigenvalue weighted by molar-refractivity contribution is 6.31. The van der Waals surface area contributed by atoms with E-state index in [1.807, 2.05) is 61.5 Å². The lowest BCUT2D eigenvalue weighted by atomic mass is 10.1. The van der Waals surface area contributed by atoms with Crippen molar-refractivity contribution in [3.8, 4) is 11.5 Å². The smallest absolute Gasteiger partial charge is 0.161 e. The normalized spacial score (nSPS) is 10.5. The second-order valence-corrected chi connectivity index (χ2v) is 6.79. The standard InChI is InChI=1S/C23H24ClNO2/c1-17-8-10-20(15-21(17)24)25-16-19-9-11-22(23(14-19)26-2)27-13-12-18-6-4-3-5-7-18/h3-11,14-15,25H,12-13,16H2,1-2H3. The quantitative estimate of drug-likeness (QED) is 0.527. The van der Waals surface area contributed by atoms with E-state index in [0.29, 0.717) is 13.2 Å². The molecule has 0 fully saturated rings. The van der Waals surface area contributed by atoms with Crippen molar-refractivity contribution in [3.63, 3.8) is 0 Å². The number of anilines is 1. The maximum Gasteiger partial charge on any atom is 0.161 e. The summed E-state index contributed by atoms with van der Waals surface area (Å²) in [6.07, 6.45) is 0.863. The van der Waals surface area contributed by atoms with Crippen molar-refractivity contribution in [2.75, 3.05) is 19.0 Å². The van der Waals surface area contributed by atoms with Gasteiger partial charge in [-0.25, -0.2) is 0 Å². The average Bonchev–Trinajstić information content (AvgIpc) is 2.70. The minimum absolute atomic E-state index is 0.611. The maximum absolute atomic E-state index is 6.18. The van der Waals surface area contributed by atoms with Crippen LogP contribution in [0.3, 0.4) is 0 Å². The lowest BCUT2D eigenvalue weighted by Crippen LogP contribution is -2.04. The van der Waals surface area contributed by atoms with Crippen LogP contribution >= 0.6 is 11.6 Å². The molecule has 0 amide bonds. The molecule has 3 rings (SSSR count). The van der Waals surface area contributed by atoms with Crippen LogP contribution in [0.2, 0.25) is 5.02 Å². The average molecular weight is 382 g/mol. The number of aryl methyl sites for hydroxylation is 1. The molecule has 0 saturated carbocycles. The predicted molar refractivity (Wildman–Crippen MR) is 112 cm³/mol. The first-order valence-electron chi connectivity index (χ1n) is 8.99. The van der Waals surface area contributed by atoms with Crippen molar-refractivity contribution in [1.82, 2.24) is 0 Å². The van der Waals surface area contributed by atoms with Gasteiger partial charge in [-0.05, 0) is 47.9 Å². The van der Waals surface area contributed by atoms with Crippen LogP contribution in [-0.2, 0) is 13.0 Å². The van der Waals surface area contributed by atoms with Gasteiger partial charge in [0.05, 0.1) is 13.7 Å². The largest absolute Gasteiger partial charge is 0.493 e. The molecule has 0 aliphatic rings. The molecule has 0 unspecified atom stereocenters. The van der Waals surface area contributed by atoms with Crippen molar-refractivity contribution in [2.24, 2.45) is 0 Å². The van der Waals surface area contributed by atoms with E-state index in [9.17, 15) is 0 Å². The third kappa shape index (κ3) is 5.41. The minimum atomic E-state index is 0.611. The van der Waals surface area contributed by atoms with Crippen LogP contribution in [0.15, 0.2) is 66.7 Å². The lowest BCUT2D eigenvalue weighted by molar-refractivity contribution is 0.297. The van der Waals surface area contributed by atoms with Crippen molar-refractivity contribution in [3.05, 3.63) is 88.4 Å². The number of benzene rings is 3. The Hall–Kier alpha value is -2.65. The van der Waals surface area contributed by atoms with E-state index >= 15 is 0 Å². The molecule has 3 aromatic rings. The van der Waals surface area contributed by atoms with E-state index < -0.39 is 0 Å². The summed E-state index contributed by atoms with van der Waals surface area (Å²) in [5, 5.41) is 4.15. The van der Waals surface area contributed by atoms with Gasteiger partial charge in [-0.1, -0.05) is 54.1 Å². The zero-order valence-electron chi connectivity index (χ0n) is 15.7. The number of rotatable bonds is 8. The van der Waals surface area contributed by atoms with Gasteiger partial charge in [0.2, 0.25) is 0 Å². The molecule has 0 aliphatic heterocycles. The molecule has 4 heteroatoms. The molecule has 0 heterocycles. The van der Waals surface area contributed by atoms with E-state index in [1.165, 1.54) is 5.56 Å². The monoisotopic (exact) mass is 381 g/mol. The minimum Gasteiger partial charge on any atom is -0.493 e. The molecule has 0 atom stereocenters. The van der Waals surface area contributed by atoms with Crippen molar-refractivity contribution >= 4 is 17.3 Å². The molecule has 0 aliphatic carbocycles. The van der Waals surface area contributed by atoms with Crippen molar-refractivity contribution in [1.29, 1.82) is 0 Å². The van der Waals surface area contributed by atoms with Gasteiger partial charge in [-0.15, -0.1) is 0 Å². The molecule has 1 N–H and O–H groups in total. The fraction of sp³-hybridized carbons (Fsp3) is 0.217. The molecular formula is C23H24ClNO2. The highest BCUT2D eigenvalue weighted by Crippen LogP contribution is 2.29. The third-order valence-electron chi connectivity index (χ3n) is 4.39. The number of hydrogen-bond acceptors (Lipinski definition) is 3. The van der Waals surface area contributed by atoms with Crippen LogP contribution in [0.25, 0.3) is 0 Å². The molecule has 3 aromatic carbocycles. The number of nitrogens with one attached hydrogen (secondary N) is 1. The van der Waals surface area contributed by atoms with Crippen molar-refractivity contribution in [2.45, 2.75) is 19.9 Å². The number of ether oxygens (including phenoxy) is 2. The van der Waals surface area contributed by atoms with Crippen LogP contribution in [0.4, 0.5) is 5.69 Å². The van der Waals surface area contributed by atoms with E-state index in [4.69, 9.17) is 21.1 Å². The van der Waals surface area contributed by atoms with Crippen LogP contribution in [-0.4, -0.2) is 13.7 Å². The summed E-state index contributed by atoms with van der Waals surface area (Å²) >= 11 is 6.18. The Morgan fingerprint density at radius 2 is 1.70 bits per heavy atom. The molecule has 0 saturated heterocycles. The van der Waals surface area contributed by atoms with Crippen LogP contribution in [0.5, 0.6) is 11.5 Å². The van der Waals surface area contributed by atoms with Gasteiger partial charge in [0.1, 0.15) is 0 Å². The molecule has 27 heavy (non-hydrogen) atoms. The zero-order valence-corrected chi connectivity index (χ0v) is 16.4. The Morgan fingerprint density at radius 3 is 2.44 bits per heavy atom. The summed E-state index contributed by atoms with van der Waals surface area (Å²) in [4.78, 5) is 0. The molecule has 140 valence electrons. The molecular weight excluding hydrogens is 358 g/mol. The van der Waals surface area contributed by atoms with E-state index in [1.54, 1.807) is 7.11 Å². The van der Waals surface area contributed by atoms with Gasteiger partial charge in [-0.3, -0.25) is 0 Å². The molecule has 0 bridgehead atoms. The summed E-state index contributed by atoms with van der Waals surface area (Å²) in [6.45, 7) is 3.29. The van der Waals surface area contributed by atoms with Crippen LogP contribution < -0.4 is 14.8 Å². The van der Waals surface area contributed by atoms with Gasteiger partial charge in [0.25, 0.3) is 0 Å². The summed E-state index contributed by atoms with van der Waals surface area (Å²) in [5.41, 5.74) is 4.43. The van der Waals surface area contributed by atoms with Gasteiger partial charge in [0, 0.05) is 23.7 Å². The Morgan fingerprint density at radius 1 is 0.889 bits per heavy atom. The number of methoxy groups -OCH3 is 1. The van der Waals surface area contributed by atoms with Crippen molar-refractivity contribution < 1.29 is 9.47 Å². The van der Waals surface area contributed by atoms with E-state index in [2.05, 4.69) is 17.4 Å². The SMILES string of the molecule is COc1cc(CNc2ccc(C)c(Cl)c2)ccc1OCCc1ccccc1. The highest BCUT2D eigenvalue weighted by atomic mass is 35.5. The summed E-state index contributed by atoms with van der Waals surface area (Å²) in [7, 11) is 1.66. The summed E-state index contributed by atoms with van der Waals surface area (Å²) < 4.78 is 11.4. The third-order valence-corrected chi connectivity index (χ3v) is 4.79. The fourth-order valence-corrected chi connectivity index (χ4v) is 2.95. The number of hydrogen-bond donors (Lipinski definition) is 1. The summed E-state index contributed by atoms with van der Waals surface area (Å²) in [6, 6.07) is 22.3. The van der Waals surface area contributed by atoms with Gasteiger partial charge in [-0.2, -0.15) is 0 Å². The zero-order chi connectivity index (χ0) is 19.1. The van der Waals surface area contributed by atoms with E-state index in [-0.39, 0.29) is 0 Å². The summed E-state index contributed by atoms with van der Waals surface area (Å²) in [5.74, 6) is 1.50. The molecule has 0 aromatic heterocycles. The first-order valence-corrected chi connectivity index (χ1v) is 9.37. The van der Waals surface area contributed by atoms with Crippen LogP contribution in [0, 0.1) is 6.92 Å². The molecule has 0 radical (unpaired) electrons. The first kappa shape index (κ1) is 19.1. The van der Waals surface area contributed by atoms with Gasteiger partial charge < -0.3 is 14.8 Å². The fourth-order valence-electron chi connectivity index (χ4n) is 2.77. The lowest BCUT2D eigenvalue weighted by Gasteiger charge is -2.13. The maximum atomic E-state index is 6.18. The second kappa shape index (κ2) is 9.33. The van der Waals surface area contributed by atoms with E-state index in [0.717, 1.165) is 39.8 Å². The molecule has 0 spiro atoms. The van der Waals surface area contributed by atoms with Gasteiger partial charge in [0.15, 0.2) is 11.5 Å². The number of halogens is 1. The second-order valence-electron chi connectivity index (χ2n) is 6.39. The molecule has 3 nitrogen and oxygen atoms in total. The highest BCUT2D eigenvalue weighted by Gasteiger charge is 2.07. The van der Waals surface area contributed by atoms with Crippen LogP contribution in [0.1, 0.15) is 16.7 Å². The predicted octanol–water partition coefficient (Wildman–Crippen LogP) is 5.89. The first-order chi connectivity index (χ1) is 13.2. The topological polar surface area (TPSA) is 30.5 Å². The Kier molecular flexibility index (Phi) is 6.61. The Balaban J connectivity index is 1.58. The Labute approximate surface area is 165 Å². The Bertz CT molecular complexity index is 881. The van der Waals surface area contributed by atoms with Gasteiger partial charge >= 0.3 is 0 Å².